The highest BCUT2D eigenvalue weighted by Crippen LogP contribution is 2.18. The third kappa shape index (κ3) is 5.46. The Morgan fingerprint density at radius 3 is 2.78 bits per heavy atom. The molecule has 0 spiro atoms. The van der Waals surface area contributed by atoms with E-state index in [1.165, 1.54) is 6.08 Å². The molecule has 2 aromatic carbocycles. The molecule has 2 aromatic rings. The summed E-state index contributed by atoms with van der Waals surface area (Å²) in [5.74, 6) is 0.681. The van der Waals surface area contributed by atoms with Crippen molar-refractivity contribution in [1.82, 2.24) is 5.32 Å². The summed E-state index contributed by atoms with van der Waals surface area (Å²) in [5.41, 5.74) is 3.05. The number of carbonyl (C=O) groups excluding carboxylic acids is 1. The van der Waals surface area contributed by atoms with Crippen molar-refractivity contribution in [1.29, 1.82) is 0 Å². The molecule has 2 rings (SSSR count). The van der Waals surface area contributed by atoms with E-state index in [9.17, 15) is 4.79 Å². The van der Waals surface area contributed by atoms with Gasteiger partial charge in [-0.3, -0.25) is 4.79 Å². The van der Waals surface area contributed by atoms with E-state index in [-0.39, 0.29) is 5.91 Å². The van der Waals surface area contributed by atoms with E-state index in [1.807, 2.05) is 50.2 Å². The van der Waals surface area contributed by atoms with E-state index >= 15 is 0 Å². The van der Waals surface area contributed by atoms with Gasteiger partial charge < -0.3 is 10.1 Å². The molecule has 0 aliphatic rings. The third-order valence-corrected chi connectivity index (χ3v) is 3.67. The molecular formula is C19H20ClNO2. The third-order valence-electron chi connectivity index (χ3n) is 3.32. The van der Waals surface area contributed by atoms with Gasteiger partial charge in [0.15, 0.2) is 0 Å². The number of hydrogen-bond donors (Lipinski definition) is 1. The number of benzene rings is 2. The number of halogens is 1. The van der Waals surface area contributed by atoms with Crippen molar-refractivity contribution in [2.75, 3.05) is 13.2 Å². The van der Waals surface area contributed by atoms with Gasteiger partial charge in [0.2, 0.25) is 5.91 Å². The van der Waals surface area contributed by atoms with E-state index < -0.39 is 0 Å². The van der Waals surface area contributed by atoms with Gasteiger partial charge in [-0.2, -0.15) is 0 Å². The SMILES string of the molecule is Cc1ccc(C)c(OCCNC(=O)/C=C/c2ccccc2Cl)c1. The Morgan fingerprint density at radius 2 is 2.00 bits per heavy atom. The lowest BCUT2D eigenvalue weighted by molar-refractivity contribution is -0.116. The smallest absolute Gasteiger partial charge is 0.244 e. The minimum atomic E-state index is -0.172. The van der Waals surface area contributed by atoms with Crippen LogP contribution in [0.2, 0.25) is 5.02 Å². The zero-order valence-electron chi connectivity index (χ0n) is 13.3. The van der Waals surface area contributed by atoms with Crippen LogP contribution < -0.4 is 10.1 Å². The number of amides is 1. The van der Waals surface area contributed by atoms with Gasteiger partial charge >= 0.3 is 0 Å². The van der Waals surface area contributed by atoms with Gasteiger partial charge in [-0.05, 0) is 48.7 Å². The molecule has 4 heteroatoms. The second kappa shape index (κ2) is 8.39. The summed E-state index contributed by atoms with van der Waals surface area (Å²) in [7, 11) is 0. The van der Waals surface area contributed by atoms with E-state index in [0.717, 1.165) is 22.4 Å². The average Bonchev–Trinajstić information content (AvgIpc) is 2.54. The lowest BCUT2D eigenvalue weighted by Gasteiger charge is -2.10. The molecular weight excluding hydrogens is 310 g/mol. The van der Waals surface area contributed by atoms with E-state index in [1.54, 1.807) is 12.1 Å². The van der Waals surface area contributed by atoms with Crippen LogP contribution in [0.5, 0.6) is 5.75 Å². The molecule has 1 N–H and O–H groups in total. The van der Waals surface area contributed by atoms with Crippen molar-refractivity contribution in [2.45, 2.75) is 13.8 Å². The molecule has 0 aliphatic carbocycles. The van der Waals surface area contributed by atoms with Crippen LogP contribution >= 0.6 is 11.6 Å². The van der Waals surface area contributed by atoms with Gasteiger partial charge in [0.25, 0.3) is 0 Å². The summed E-state index contributed by atoms with van der Waals surface area (Å²) in [6.07, 6.45) is 3.17. The number of nitrogens with one attached hydrogen (secondary N) is 1. The van der Waals surface area contributed by atoms with Crippen molar-refractivity contribution in [3.05, 3.63) is 70.3 Å². The van der Waals surface area contributed by atoms with Crippen LogP contribution in [0.15, 0.2) is 48.5 Å². The number of carbonyl (C=O) groups is 1. The van der Waals surface area contributed by atoms with Gasteiger partial charge in [-0.25, -0.2) is 0 Å². The fourth-order valence-corrected chi connectivity index (χ4v) is 2.23. The molecule has 0 aliphatic heterocycles. The topological polar surface area (TPSA) is 38.3 Å². The molecule has 0 aromatic heterocycles. The first kappa shape index (κ1) is 17.1. The predicted octanol–water partition coefficient (Wildman–Crippen LogP) is 4.17. The predicted molar refractivity (Wildman–Crippen MR) is 94.9 cm³/mol. The lowest BCUT2D eigenvalue weighted by Crippen LogP contribution is -2.26. The highest BCUT2D eigenvalue weighted by atomic mass is 35.5. The fourth-order valence-electron chi connectivity index (χ4n) is 2.03. The summed E-state index contributed by atoms with van der Waals surface area (Å²) < 4.78 is 5.69. The normalized spacial score (nSPS) is 10.7. The summed E-state index contributed by atoms with van der Waals surface area (Å²) in [5, 5.41) is 3.40. The Morgan fingerprint density at radius 1 is 1.22 bits per heavy atom. The maximum atomic E-state index is 11.8. The molecule has 3 nitrogen and oxygen atoms in total. The highest BCUT2D eigenvalue weighted by molar-refractivity contribution is 6.32. The summed E-state index contributed by atoms with van der Waals surface area (Å²) in [6.45, 7) is 4.89. The number of ether oxygens (including phenoxy) is 1. The van der Waals surface area contributed by atoms with Crippen LogP contribution in [0.25, 0.3) is 6.08 Å². The Bertz CT molecular complexity index is 710. The van der Waals surface area contributed by atoms with Gasteiger partial charge in [0.05, 0.1) is 6.54 Å². The minimum absolute atomic E-state index is 0.172. The highest BCUT2D eigenvalue weighted by Gasteiger charge is 2.01. The average molecular weight is 330 g/mol. The van der Waals surface area contributed by atoms with Gasteiger partial charge in [-0.15, -0.1) is 0 Å². The Labute approximate surface area is 141 Å². The molecule has 0 atom stereocenters. The number of aryl methyl sites for hydroxylation is 2. The molecule has 0 heterocycles. The molecule has 0 radical (unpaired) electrons. The molecule has 0 saturated heterocycles. The fraction of sp³-hybridized carbons (Fsp3) is 0.211. The van der Waals surface area contributed by atoms with Crippen LogP contribution in [0.1, 0.15) is 16.7 Å². The summed E-state index contributed by atoms with van der Waals surface area (Å²) in [6, 6.07) is 13.4. The van der Waals surface area contributed by atoms with Crippen LogP contribution in [-0.2, 0) is 4.79 Å². The second-order valence-corrected chi connectivity index (χ2v) is 5.67. The van der Waals surface area contributed by atoms with E-state index in [4.69, 9.17) is 16.3 Å². The van der Waals surface area contributed by atoms with E-state index in [0.29, 0.717) is 18.2 Å². The monoisotopic (exact) mass is 329 g/mol. The van der Waals surface area contributed by atoms with Gasteiger partial charge in [-0.1, -0.05) is 41.9 Å². The number of rotatable bonds is 6. The van der Waals surface area contributed by atoms with Crippen molar-refractivity contribution in [2.24, 2.45) is 0 Å². The molecule has 120 valence electrons. The van der Waals surface area contributed by atoms with Gasteiger partial charge in [0.1, 0.15) is 12.4 Å². The molecule has 0 bridgehead atoms. The van der Waals surface area contributed by atoms with Crippen molar-refractivity contribution in [3.63, 3.8) is 0 Å². The van der Waals surface area contributed by atoms with E-state index in [2.05, 4.69) is 5.32 Å². The summed E-state index contributed by atoms with van der Waals surface area (Å²) in [4.78, 5) is 11.8. The van der Waals surface area contributed by atoms with Crippen LogP contribution in [0, 0.1) is 13.8 Å². The zero-order valence-corrected chi connectivity index (χ0v) is 14.1. The first-order valence-corrected chi connectivity index (χ1v) is 7.84. The molecule has 0 saturated carbocycles. The molecule has 0 fully saturated rings. The molecule has 0 unspecified atom stereocenters. The zero-order chi connectivity index (χ0) is 16.7. The Kier molecular flexibility index (Phi) is 6.24. The summed E-state index contributed by atoms with van der Waals surface area (Å²) >= 11 is 6.03. The lowest BCUT2D eigenvalue weighted by atomic mass is 10.1. The molecule has 1 amide bonds. The molecule has 23 heavy (non-hydrogen) atoms. The van der Waals surface area contributed by atoms with Crippen molar-refractivity contribution in [3.8, 4) is 5.75 Å². The first-order chi connectivity index (χ1) is 11.1. The maximum Gasteiger partial charge on any atom is 0.244 e. The Balaban J connectivity index is 1.77. The van der Waals surface area contributed by atoms with Crippen LogP contribution in [-0.4, -0.2) is 19.1 Å². The minimum Gasteiger partial charge on any atom is -0.491 e. The maximum absolute atomic E-state index is 11.8. The van der Waals surface area contributed by atoms with Crippen LogP contribution in [0.4, 0.5) is 0 Å². The first-order valence-electron chi connectivity index (χ1n) is 7.47. The van der Waals surface area contributed by atoms with Crippen molar-refractivity contribution >= 4 is 23.6 Å². The standard InChI is InChI=1S/C19H20ClNO2/c1-14-7-8-15(2)18(13-14)23-12-11-21-19(22)10-9-16-5-3-4-6-17(16)20/h3-10,13H,11-12H2,1-2H3,(H,21,22)/b10-9+. The van der Waals surface area contributed by atoms with Gasteiger partial charge in [0, 0.05) is 11.1 Å². The Hall–Kier alpha value is -2.26. The van der Waals surface area contributed by atoms with Crippen molar-refractivity contribution < 1.29 is 9.53 Å². The second-order valence-electron chi connectivity index (χ2n) is 5.26. The number of hydrogen-bond acceptors (Lipinski definition) is 2. The quantitative estimate of drug-likeness (QED) is 0.638. The van der Waals surface area contributed by atoms with Crippen LogP contribution in [0.3, 0.4) is 0 Å². The largest absolute Gasteiger partial charge is 0.491 e.